The molecule has 0 saturated heterocycles. The van der Waals surface area contributed by atoms with E-state index in [1.54, 1.807) is 0 Å². The lowest BCUT2D eigenvalue weighted by atomic mass is 10.1. The summed E-state index contributed by atoms with van der Waals surface area (Å²) < 4.78 is 11.3. The summed E-state index contributed by atoms with van der Waals surface area (Å²) in [6.07, 6.45) is 3.33. The van der Waals surface area contributed by atoms with Crippen molar-refractivity contribution in [1.82, 2.24) is 10.1 Å². The van der Waals surface area contributed by atoms with Gasteiger partial charge in [0.05, 0.1) is 6.10 Å². The van der Waals surface area contributed by atoms with Crippen molar-refractivity contribution < 1.29 is 14.4 Å². The summed E-state index contributed by atoms with van der Waals surface area (Å²) in [5.74, 6) is 2.35. The zero-order chi connectivity index (χ0) is 21.1. The van der Waals surface area contributed by atoms with Gasteiger partial charge in [-0.2, -0.15) is 4.98 Å². The average Bonchev–Trinajstić information content (AvgIpc) is 3.39. The first-order chi connectivity index (χ1) is 14.5. The van der Waals surface area contributed by atoms with Crippen molar-refractivity contribution in [3.05, 3.63) is 48.0 Å². The Morgan fingerprint density at radius 3 is 2.57 bits per heavy atom. The quantitative estimate of drug-likeness (QED) is 0.569. The van der Waals surface area contributed by atoms with E-state index in [0.717, 1.165) is 47.4 Å². The predicted molar refractivity (Wildman–Crippen MR) is 118 cm³/mol. The van der Waals surface area contributed by atoms with Crippen LogP contribution in [0.2, 0.25) is 0 Å². The molecule has 2 aromatic carbocycles. The number of nitrogens with one attached hydrogen (secondary N) is 1. The van der Waals surface area contributed by atoms with Gasteiger partial charge < -0.3 is 19.7 Å². The fraction of sp³-hybridized carbons (Fsp3) is 0.417. The standard InChI is InChI=1S/C24H29N3O3/c1-15(2)29-22-11-7-19(12-16(22)3)23-26-24(30-27-23)18-5-9-20(10-6-18)25-21-8-4-17(13-21)14-28/h5-7,9-12,15,17,21,25,28H,4,8,13-14H2,1-3H3/t17-,21+/m1/s1. The van der Waals surface area contributed by atoms with Crippen LogP contribution in [0.25, 0.3) is 22.8 Å². The third-order valence-corrected chi connectivity index (χ3v) is 5.52. The van der Waals surface area contributed by atoms with Crippen LogP contribution in [0, 0.1) is 12.8 Å². The van der Waals surface area contributed by atoms with Crippen molar-refractivity contribution in [2.75, 3.05) is 11.9 Å². The van der Waals surface area contributed by atoms with Crippen molar-refractivity contribution in [2.24, 2.45) is 5.92 Å². The third-order valence-electron chi connectivity index (χ3n) is 5.52. The molecule has 1 fully saturated rings. The number of aliphatic hydroxyl groups excluding tert-OH is 1. The van der Waals surface area contributed by atoms with Crippen LogP contribution in [0.1, 0.15) is 38.7 Å². The van der Waals surface area contributed by atoms with Crippen LogP contribution in [0.5, 0.6) is 5.75 Å². The summed E-state index contributed by atoms with van der Waals surface area (Å²) in [6.45, 7) is 6.32. The third kappa shape index (κ3) is 4.65. The highest BCUT2D eigenvalue weighted by molar-refractivity contribution is 5.63. The van der Waals surface area contributed by atoms with Gasteiger partial charge in [0.15, 0.2) is 0 Å². The summed E-state index contributed by atoms with van der Waals surface area (Å²) in [4.78, 5) is 4.57. The minimum Gasteiger partial charge on any atom is -0.491 e. The number of nitrogens with zero attached hydrogens (tertiary/aromatic N) is 2. The Morgan fingerprint density at radius 1 is 1.13 bits per heavy atom. The zero-order valence-electron chi connectivity index (χ0n) is 17.8. The van der Waals surface area contributed by atoms with E-state index in [2.05, 4.69) is 15.5 Å². The number of rotatable bonds is 7. The van der Waals surface area contributed by atoms with Crippen LogP contribution in [0.4, 0.5) is 5.69 Å². The Labute approximate surface area is 177 Å². The molecule has 30 heavy (non-hydrogen) atoms. The van der Waals surface area contributed by atoms with Gasteiger partial charge in [-0.3, -0.25) is 0 Å². The first kappa shape index (κ1) is 20.4. The van der Waals surface area contributed by atoms with Gasteiger partial charge in [-0.15, -0.1) is 0 Å². The number of benzene rings is 2. The molecule has 6 nitrogen and oxygen atoms in total. The van der Waals surface area contributed by atoms with Crippen LogP contribution < -0.4 is 10.1 Å². The number of anilines is 1. The minimum atomic E-state index is 0.133. The molecular weight excluding hydrogens is 378 g/mol. The van der Waals surface area contributed by atoms with Crippen LogP contribution in [-0.4, -0.2) is 34.0 Å². The second kappa shape index (κ2) is 8.88. The predicted octanol–water partition coefficient (Wildman–Crippen LogP) is 5.07. The largest absolute Gasteiger partial charge is 0.491 e. The topological polar surface area (TPSA) is 80.4 Å². The molecule has 0 radical (unpaired) electrons. The molecule has 0 spiro atoms. The first-order valence-corrected chi connectivity index (χ1v) is 10.6. The van der Waals surface area contributed by atoms with Crippen LogP contribution in [-0.2, 0) is 0 Å². The molecule has 1 saturated carbocycles. The second-order valence-corrected chi connectivity index (χ2v) is 8.35. The van der Waals surface area contributed by atoms with Gasteiger partial charge in [0.1, 0.15) is 5.75 Å². The summed E-state index contributed by atoms with van der Waals surface area (Å²) in [7, 11) is 0. The molecule has 6 heteroatoms. The molecule has 0 aliphatic heterocycles. The molecule has 0 unspecified atom stereocenters. The lowest BCUT2D eigenvalue weighted by Gasteiger charge is -2.14. The fourth-order valence-corrected chi connectivity index (χ4v) is 3.95. The van der Waals surface area contributed by atoms with E-state index in [1.807, 2.05) is 63.2 Å². The molecule has 2 atom stereocenters. The summed E-state index contributed by atoms with van der Waals surface area (Å²) >= 11 is 0. The minimum absolute atomic E-state index is 0.133. The van der Waals surface area contributed by atoms with Gasteiger partial charge in [0.25, 0.3) is 5.89 Å². The molecule has 2 N–H and O–H groups in total. The maximum absolute atomic E-state index is 9.30. The molecule has 4 rings (SSSR count). The van der Waals surface area contributed by atoms with E-state index in [0.29, 0.717) is 23.7 Å². The number of aromatic nitrogens is 2. The van der Waals surface area contributed by atoms with E-state index < -0.39 is 0 Å². The molecule has 1 aromatic heterocycles. The van der Waals surface area contributed by atoms with Crippen molar-refractivity contribution in [3.8, 4) is 28.6 Å². The Bertz CT molecular complexity index is 982. The summed E-state index contributed by atoms with van der Waals surface area (Å²) in [5, 5.41) is 17.0. The van der Waals surface area contributed by atoms with Crippen LogP contribution in [0.15, 0.2) is 47.0 Å². The van der Waals surface area contributed by atoms with Gasteiger partial charge in [-0.1, -0.05) is 5.16 Å². The van der Waals surface area contributed by atoms with E-state index in [1.165, 1.54) is 0 Å². The monoisotopic (exact) mass is 407 g/mol. The van der Waals surface area contributed by atoms with E-state index >= 15 is 0 Å². The summed E-state index contributed by atoms with van der Waals surface area (Å²) in [6, 6.07) is 14.4. The van der Waals surface area contributed by atoms with E-state index in [-0.39, 0.29) is 12.7 Å². The normalized spacial score (nSPS) is 18.7. The van der Waals surface area contributed by atoms with Crippen LogP contribution in [0.3, 0.4) is 0 Å². The molecule has 1 heterocycles. The molecule has 1 aliphatic rings. The van der Waals surface area contributed by atoms with Crippen molar-refractivity contribution in [1.29, 1.82) is 0 Å². The Morgan fingerprint density at radius 2 is 1.90 bits per heavy atom. The van der Waals surface area contributed by atoms with Gasteiger partial charge in [-0.25, -0.2) is 0 Å². The highest BCUT2D eigenvalue weighted by atomic mass is 16.5. The highest BCUT2D eigenvalue weighted by Gasteiger charge is 2.23. The summed E-state index contributed by atoms with van der Waals surface area (Å²) in [5.41, 5.74) is 3.89. The SMILES string of the molecule is Cc1cc(-c2noc(-c3ccc(N[C@H]4CC[C@@H](CO)C4)cc3)n2)ccc1OC(C)C. The van der Waals surface area contributed by atoms with Crippen molar-refractivity contribution in [2.45, 2.75) is 52.2 Å². The molecule has 1 aliphatic carbocycles. The zero-order valence-corrected chi connectivity index (χ0v) is 17.8. The smallest absolute Gasteiger partial charge is 0.258 e. The van der Waals surface area contributed by atoms with Gasteiger partial charge in [-0.05, 0) is 94.0 Å². The molecular formula is C24H29N3O3. The Balaban J connectivity index is 1.44. The lowest BCUT2D eigenvalue weighted by Crippen LogP contribution is -2.16. The number of hydrogen-bond acceptors (Lipinski definition) is 6. The molecule has 0 amide bonds. The maximum Gasteiger partial charge on any atom is 0.258 e. The molecule has 3 aromatic rings. The average molecular weight is 408 g/mol. The van der Waals surface area contributed by atoms with Gasteiger partial charge >= 0.3 is 0 Å². The first-order valence-electron chi connectivity index (χ1n) is 10.6. The van der Waals surface area contributed by atoms with Gasteiger partial charge in [0, 0.05) is 29.5 Å². The Hall–Kier alpha value is -2.86. The number of hydrogen-bond donors (Lipinski definition) is 2. The number of aryl methyl sites for hydroxylation is 1. The van der Waals surface area contributed by atoms with E-state index in [9.17, 15) is 5.11 Å². The van der Waals surface area contributed by atoms with Crippen LogP contribution >= 0.6 is 0 Å². The van der Waals surface area contributed by atoms with Crippen molar-refractivity contribution >= 4 is 5.69 Å². The maximum atomic E-state index is 9.30. The molecule has 0 bridgehead atoms. The highest BCUT2D eigenvalue weighted by Crippen LogP contribution is 2.30. The van der Waals surface area contributed by atoms with Gasteiger partial charge in [0.2, 0.25) is 5.82 Å². The van der Waals surface area contributed by atoms with E-state index in [4.69, 9.17) is 9.26 Å². The molecule has 158 valence electrons. The number of aliphatic hydroxyl groups is 1. The number of ether oxygens (including phenoxy) is 1. The lowest BCUT2D eigenvalue weighted by molar-refractivity contribution is 0.229. The van der Waals surface area contributed by atoms with Crippen molar-refractivity contribution in [3.63, 3.8) is 0 Å². The Kier molecular flexibility index (Phi) is 6.04. The second-order valence-electron chi connectivity index (χ2n) is 8.35. The fourth-order valence-electron chi connectivity index (χ4n) is 3.95.